The van der Waals surface area contributed by atoms with Crippen LogP contribution in [0.2, 0.25) is 0 Å². The molecule has 0 spiro atoms. The molecule has 0 fully saturated rings. The van der Waals surface area contributed by atoms with Crippen LogP contribution in [0.5, 0.6) is 0 Å². The number of anilines is 1. The number of benzene rings is 2. The molecule has 1 aromatic heterocycles. The van der Waals surface area contributed by atoms with Crippen molar-refractivity contribution in [1.82, 2.24) is 9.97 Å². The highest BCUT2D eigenvalue weighted by Crippen LogP contribution is 2.13. The quantitative estimate of drug-likeness (QED) is 0.753. The zero-order chi connectivity index (χ0) is 15.4. The molecule has 108 valence electrons. The molecule has 0 radical (unpaired) electrons. The van der Waals surface area contributed by atoms with Gasteiger partial charge in [-0.3, -0.25) is 9.78 Å². The van der Waals surface area contributed by atoms with Crippen LogP contribution in [0.4, 0.5) is 10.1 Å². The van der Waals surface area contributed by atoms with Crippen LogP contribution in [-0.2, 0) is 4.79 Å². The van der Waals surface area contributed by atoms with Crippen molar-refractivity contribution < 1.29 is 9.18 Å². The molecule has 22 heavy (non-hydrogen) atoms. The number of fused-ring (bicyclic) bond motifs is 1. The summed E-state index contributed by atoms with van der Waals surface area (Å²) in [4.78, 5) is 20.4. The molecule has 3 rings (SSSR count). The van der Waals surface area contributed by atoms with E-state index >= 15 is 0 Å². The Balaban J connectivity index is 1.75. The van der Waals surface area contributed by atoms with Crippen molar-refractivity contribution >= 4 is 28.7 Å². The van der Waals surface area contributed by atoms with Crippen LogP contribution in [0, 0.1) is 5.82 Å². The van der Waals surface area contributed by atoms with Gasteiger partial charge in [-0.15, -0.1) is 0 Å². The lowest BCUT2D eigenvalue weighted by Crippen LogP contribution is -2.09. The topological polar surface area (TPSA) is 54.9 Å². The fourth-order valence-corrected chi connectivity index (χ4v) is 1.95. The summed E-state index contributed by atoms with van der Waals surface area (Å²) in [6, 6.07) is 13.5. The first kappa shape index (κ1) is 13.9. The van der Waals surface area contributed by atoms with Crippen LogP contribution in [-0.4, -0.2) is 15.9 Å². The smallest absolute Gasteiger partial charge is 0.248 e. The van der Waals surface area contributed by atoms with Gasteiger partial charge in [0.1, 0.15) is 5.82 Å². The number of nitrogens with zero attached hydrogens (tertiary/aromatic N) is 2. The molecular formula is C17H12FN3O. The van der Waals surface area contributed by atoms with E-state index < -0.39 is 11.7 Å². The molecule has 0 saturated carbocycles. The summed E-state index contributed by atoms with van der Waals surface area (Å²) in [6.45, 7) is 0. The third-order valence-corrected chi connectivity index (χ3v) is 3.00. The van der Waals surface area contributed by atoms with Gasteiger partial charge in [0, 0.05) is 6.08 Å². The van der Waals surface area contributed by atoms with E-state index in [2.05, 4.69) is 15.3 Å². The van der Waals surface area contributed by atoms with Crippen LogP contribution < -0.4 is 5.32 Å². The zero-order valence-electron chi connectivity index (χ0n) is 11.5. The van der Waals surface area contributed by atoms with Crippen molar-refractivity contribution in [3.05, 3.63) is 72.3 Å². The van der Waals surface area contributed by atoms with Gasteiger partial charge < -0.3 is 5.32 Å². The van der Waals surface area contributed by atoms with Crippen molar-refractivity contribution in [2.45, 2.75) is 0 Å². The van der Waals surface area contributed by atoms with E-state index in [4.69, 9.17) is 0 Å². The first-order valence-corrected chi connectivity index (χ1v) is 6.68. The molecule has 0 aliphatic heterocycles. The van der Waals surface area contributed by atoms with Crippen molar-refractivity contribution in [2.75, 3.05) is 5.32 Å². The number of nitrogens with one attached hydrogen (secondary N) is 1. The monoisotopic (exact) mass is 293 g/mol. The highest BCUT2D eigenvalue weighted by atomic mass is 19.1. The molecule has 1 heterocycles. The number of halogens is 1. The van der Waals surface area contributed by atoms with Gasteiger partial charge >= 0.3 is 0 Å². The Hall–Kier alpha value is -3.08. The van der Waals surface area contributed by atoms with Gasteiger partial charge in [0.25, 0.3) is 0 Å². The molecule has 1 N–H and O–H groups in total. The lowest BCUT2D eigenvalue weighted by Gasteiger charge is -2.02. The number of amides is 1. The number of carbonyl (C=O) groups is 1. The van der Waals surface area contributed by atoms with Crippen molar-refractivity contribution in [1.29, 1.82) is 0 Å². The second kappa shape index (κ2) is 6.13. The summed E-state index contributed by atoms with van der Waals surface area (Å²) >= 11 is 0. The maximum Gasteiger partial charge on any atom is 0.248 e. The normalized spacial score (nSPS) is 11.0. The Kier molecular flexibility index (Phi) is 3.87. The number of rotatable bonds is 3. The van der Waals surface area contributed by atoms with E-state index in [-0.39, 0.29) is 5.69 Å². The summed E-state index contributed by atoms with van der Waals surface area (Å²) in [5.41, 5.74) is 2.23. The number of hydrogen-bond acceptors (Lipinski definition) is 3. The van der Waals surface area contributed by atoms with Gasteiger partial charge in [0.2, 0.25) is 5.91 Å². The Morgan fingerprint density at radius 2 is 1.77 bits per heavy atom. The van der Waals surface area contributed by atoms with Gasteiger partial charge in [-0.25, -0.2) is 9.37 Å². The lowest BCUT2D eigenvalue weighted by atomic mass is 10.3. The minimum absolute atomic E-state index is 0.141. The lowest BCUT2D eigenvalue weighted by molar-refractivity contribution is -0.111. The standard InChI is InChI=1S/C17H12FN3O/c18-13-5-1-2-6-14(13)21-17(22)10-9-12-11-19-15-7-3-4-8-16(15)20-12/h1-11H,(H,21,22). The average Bonchev–Trinajstić information content (AvgIpc) is 2.55. The van der Waals surface area contributed by atoms with Crippen molar-refractivity contribution in [3.63, 3.8) is 0 Å². The van der Waals surface area contributed by atoms with E-state index in [1.54, 1.807) is 18.3 Å². The van der Waals surface area contributed by atoms with Gasteiger partial charge in [0.05, 0.1) is 28.6 Å². The maximum absolute atomic E-state index is 13.4. The molecule has 4 nitrogen and oxygen atoms in total. The largest absolute Gasteiger partial charge is 0.320 e. The third-order valence-electron chi connectivity index (χ3n) is 3.00. The van der Waals surface area contributed by atoms with Crippen LogP contribution in [0.25, 0.3) is 17.1 Å². The number of para-hydroxylation sites is 3. The highest BCUT2D eigenvalue weighted by molar-refractivity contribution is 6.01. The van der Waals surface area contributed by atoms with Crippen LogP contribution >= 0.6 is 0 Å². The molecule has 3 aromatic rings. The fourth-order valence-electron chi connectivity index (χ4n) is 1.95. The van der Waals surface area contributed by atoms with Gasteiger partial charge in [-0.05, 0) is 30.3 Å². The predicted octanol–water partition coefficient (Wildman–Crippen LogP) is 3.42. The highest BCUT2D eigenvalue weighted by Gasteiger charge is 2.03. The molecule has 2 aromatic carbocycles. The SMILES string of the molecule is O=C(C=Cc1cnc2ccccc2n1)Nc1ccccc1F. The van der Waals surface area contributed by atoms with Gasteiger partial charge in [-0.2, -0.15) is 0 Å². The van der Waals surface area contributed by atoms with Crippen LogP contribution in [0.1, 0.15) is 5.69 Å². The molecule has 0 bridgehead atoms. The number of carbonyl (C=O) groups excluding carboxylic acids is 1. The summed E-state index contributed by atoms with van der Waals surface area (Å²) in [5.74, 6) is -0.908. The molecule has 0 atom stereocenters. The van der Waals surface area contributed by atoms with Crippen LogP contribution in [0.3, 0.4) is 0 Å². The number of hydrogen-bond donors (Lipinski definition) is 1. The minimum atomic E-state index is -0.477. The molecule has 0 aliphatic rings. The van der Waals surface area contributed by atoms with E-state index in [9.17, 15) is 9.18 Å². The molecule has 0 aliphatic carbocycles. The summed E-state index contributed by atoms with van der Waals surface area (Å²) in [5, 5.41) is 2.47. The second-order valence-corrected chi connectivity index (χ2v) is 4.59. The predicted molar refractivity (Wildman–Crippen MR) is 83.6 cm³/mol. The second-order valence-electron chi connectivity index (χ2n) is 4.59. The van der Waals surface area contributed by atoms with E-state index in [1.807, 2.05) is 24.3 Å². The Morgan fingerprint density at radius 1 is 1.05 bits per heavy atom. The fraction of sp³-hybridized carbons (Fsp3) is 0. The Labute approximate surface area is 126 Å². The van der Waals surface area contributed by atoms with Gasteiger partial charge in [0.15, 0.2) is 0 Å². The van der Waals surface area contributed by atoms with Crippen molar-refractivity contribution in [3.8, 4) is 0 Å². The van der Waals surface area contributed by atoms with E-state index in [1.165, 1.54) is 24.3 Å². The Bertz CT molecular complexity index is 861. The first-order valence-electron chi connectivity index (χ1n) is 6.68. The molecule has 0 saturated heterocycles. The van der Waals surface area contributed by atoms with Crippen molar-refractivity contribution in [2.24, 2.45) is 0 Å². The zero-order valence-corrected chi connectivity index (χ0v) is 11.5. The summed E-state index contributed by atoms with van der Waals surface area (Å²) in [7, 11) is 0. The summed E-state index contributed by atoms with van der Waals surface area (Å²) < 4.78 is 13.4. The van der Waals surface area contributed by atoms with E-state index in [0.717, 1.165) is 11.0 Å². The summed E-state index contributed by atoms with van der Waals surface area (Å²) in [6.07, 6.45) is 4.41. The molecule has 5 heteroatoms. The van der Waals surface area contributed by atoms with E-state index in [0.29, 0.717) is 5.69 Å². The maximum atomic E-state index is 13.4. The van der Waals surface area contributed by atoms with Gasteiger partial charge in [-0.1, -0.05) is 24.3 Å². The number of aromatic nitrogens is 2. The Morgan fingerprint density at radius 3 is 2.59 bits per heavy atom. The molecule has 0 unspecified atom stereocenters. The first-order chi connectivity index (χ1) is 10.7. The minimum Gasteiger partial charge on any atom is -0.320 e. The molecular weight excluding hydrogens is 281 g/mol. The van der Waals surface area contributed by atoms with Crippen LogP contribution in [0.15, 0.2) is 60.8 Å². The molecule has 1 amide bonds. The average molecular weight is 293 g/mol. The third kappa shape index (κ3) is 3.15.